The fourth-order valence-electron chi connectivity index (χ4n) is 1.71. The maximum Gasteiger partial charge on any atom is 0.340 e. The highest BCUT2D eigenvalue weighted by Crippen LogP contribution is 2.31. The summed E-state index contributed by atoms with van der Waals surface area (Å²) in [5.74, 6) is -0.444. The maximum absolute atomic E-state index is 12.1. The van der Waals surface area contributed by atoms with Crippen LogP contribution in [0.5, 0.6) is 0 Å². The van der Waals surface area contributed by atoms with Gasteiger partial charge in [-0.2, -0.15) is 0 Å². The first-order valence-corrected chi connectivity index (χ1v) is 6.99. The monoisotopic (exact) mass is 291 g/mol. The van der Waals surface area contributed by atoms with Crippen molar-refractivity contribution in [3.8, 4) is 11.3 Å². The van der Waals surface area contributed by atoms with E-state index in [9.17, 15) is 4.79 Å². The number of esters is 1. The lowest BCUT2D eigenvalue weighted by atomic mass is 10.1. The molecule has 0 aliphatic heterocycles. The number of para-hydroxylation sites is 1. The summed E-state index contributed by atoms with van der Waals surface area (Å²) in [5.41, 5.74) is 13.2. The predicted octanol–water partition coefficient (Wildman–Crippen LogP) is 2.93. The molecular formula is C14H17N3O2S. The number of hydrogen-bond acceptors (Lipinski definition) is 6. The average Bonchev–Trinajstić information content (AvgIpc) is 2.73. The lowest BCUT2D eigenvalue weighted by molar-refractivity contribution is 0.00708. The molecule has 0 unspecified atom stereocenters. The quantitative estimate of drug-likeness (QED) is 0.655. The Bertz CT molecular complexity index is 644. The van der Waals surface area contributed by atoms with Gasteiger partial charge in [0.2, 0.25) is 0 Å². The number of rotatable bonds is 2. The lowest BCUT2D eigenvalue weighted by Crippen LogP contribution is -2.24. The molecule has 0 saturated carbocycles. The number of nitrogens with zero attached hydrogens (tertiary/aromatic N) is 1. The van der Waals surface area contributed by atoms with Gasteiger partial charge in [-0.1, -0.05) is 12.1 Å². The first kappa shape index (κ1) is 14.3. The minimum absolute atomic E-state index is 0.337. The van der Waals surface area contributed by atoms with E-state index in [4.69, 9.17) is 16.2 Å². The Hall–Kier alpha value is -2.08. The highest BCUT2D eigenvalue weighted by Gasteiger charge is 2.21. The van der Waals surface area contributed by atoms with Gasteiger partial charge in [0, 0.05) is 10.9 Å². The SMILES string of the molecule is CC(C)(C)OC(=O)c1cccc(-c2csc(N)n2)c1N. The van der Waals surface area contributed by atoms with Gasteiger partial charge in [0.05, 0.1) is 16.9 Å². The van der Waals surface area contributed by atoms with Gasteiger partial charge in [0.25, 0.3) is 0 Å². The van der Waals surface area contributed by atoms with Gasteiger partial charge in [0.15, 0.2) is 5.13 Å². The first-order chi connectivity index (χ1) is 9.28. The van der Waals surface area contributed by atoms with Crippen molar-refractivity contribution in [2.45, 2.75) is 26.4 Å². The number of thiazole rings is 1. The fraction of sp³-hybridized carbons (Fsp3) is 0.286. The van der Waals surface area contributed by atoms with Crippen LogP contribution in [0.15, 0.2) is 23.6 Å². The van der Waals surface area contributed by atoms with Gasteiger partial charge in [0.1, 0.15) is 5.60 Å². The Morgan fingerprint density at radius 2 is 2.00 bits per heavy atom. The van der Waals surface area contributed by atoms with Crippen molar-refractivity contribution in [2.24, 2.45) is 0 Å². The third kappa shape index (κ3) is 3.08. The molecule has 106 valence electrons. The second-order valence-electron chi connectivity index (χ2n) is 5.34. The molecule has 0 saturated heterocycles. The molecule has 0 amide bonds. The zero-order valence-electron chi connectivity index (χ0n) is 11.6. The van der Waals surface area contributed by atoms with Crippen LogP contribution < -0.4 is 11.5 Å². The summed E-state index contributed by atoms with van der Waals surface area (Å²) in [4.78, 5) is 16.3. The van der Waals surface area contributed by atoms with Crippen LogP contribution in [-0.4, -0.2) is 16.6 Å². The number of carbonyl (C=O) groups is 1. The summed E-state index contributed by atoms with van der Waals surface area (Å²) in [6.45, 7) is 5.43. The zero-order valence-corrected chi connectivity index (χ0v) is 12.5. The summed E-state index contributed by atoms with van der Waals surface area (Å²) in [6, 6.07) is 5.20. The molecule has 4 N–H and O–H groups in total. The van der Waals surface area contributed by atoms with Crippen LogP contribution in [-0.2, 0) is 4.74 Å². The van der Waals surface area contributed by atoms with Crippen LogP contribution in [0.2, 0.25) is 0 Å². The molecule has 6 heteroatoms. The first-order valence-electron chi connectivity index (χ1n) is 6.11. The topological polar surface area (TPSA) is 91.2 Å². The van der Waals surface area contributed by atoms with Gasteiger partial charge < -0.3 is 16.2 Å². The molecule has 1 aromatic carbocycles. The zero-order chi connectivity index (χ0) is 14.9. The van der Waals surface area contributed by atoms with Crippen molar-refractivity contribution in [1.29, 1.82) is 0 Å². The van der Waals surface area contributed by atoms with Gasteiger partial charge in [-0.05, 0) is 26.8 Å². The molecule has 2 rings (SSSR count). The number of anilines is 2. The van der Waals surface area contributed by atoms with Crippen LogP contribution in [0.3, 0.4) is 0 Å². The average molecular weight is 291 g/mol. The Morgan fingerprint density at radius 1 is 1.30 bits per heavy atom. The number of benzene rings is 1. The number of carbonyl (C=O) groups excluding carboxylic acids is 1. The normalized spacial score (nSPS) is 11.3. The predicted molar refractivity (Wildman–Crippen MR) is 81.5 cm³/mol. The molecule has 1 heterocycles. The standard InChI is InChI=1S/C14H17N3O2S/c1-14(2,3)19-12(18)9-6-4-5-8(11(9)15)10-7-20-13(16)17-10/h4-7H,15H2,1-3H3,(H2,16,17). The maximum atomic E-state index is 12.1. The molecule has 2 aromatic rings. The molecule has 1 aromatic heterocycles. The molecule has 0 spiro atoms. The Balaban J connectivity index is 2.40. The summed E-state index contributed by atoms with van der Waals surface area (Å²) in [7, 11) is 0. The molecule has 0 bridgehead atoms. The third-order valence-electron chi connectivity index (χ3n) is 2.52. The lowest BCUT2D eigenvalue weighted by Gasteiger charge is -2.20. The number of aromatic nitrogens is 1. The minimum Gasteiger partial charge on any atom is -0.456 e. The number of ether oxygens (including phenoxy) is 1. The van der Waals surface area contributed by atoms with Crippen LogP contribution in [0.25, 0.3) is 11.3 Å². The van der Waals surface area contributed by atoms with Crippen LogP contribution in [0.4, 0.5) is 10.8 Å². The highest BCUT2D eigenvalue weighted by atomic mass is 32.1. The summed E-state index contributed by atoms with van der Waals surface area (Å²) in [6.07, 6.45) is 0. The van der Waals surface area contributed by atoms with Gasteiger partial charge >= 0.3 is 5.97 Å². The van der Waals surface area contributed by atoms with Crippen LogP contribution in [0.1, 0.15) is 31.1 Å². The molecule has 0 aliphatic carbocycles. The van der Waals surface area contributed by atoms with Crippen LogP contribution >= 0.6 is 11.3 Å². The largest absolute Gasteiger partial charge is 0.456 e. The Kier molecular flexibility index (Phi) is 3.67. The van der Waals surface area contributed by atoms with Crippen molar-refractivity contribution in [1.82, 2.24) is 4.98 Å². The van der Waals surface area contributed by atoms with E-state index in [2.05, 4.69) is 4.98 Å². The number of nitrogen functional groups attached to an aromatic ring is 2. The molecule has 0 atom stereocenters. The van der Waals surface area contributed by atoms with E-state index in [1.807, 2.05) is 20.8 Å². The fourth-order valence-corrected chi connectivity index (χ4v) is 2.27. The van der Waals surface area contributed by atoms with Crippen molar-refractivity contribution >= 4 is 28.1 Å². The van der Waals surface area contributed by atoms with E-state index in [1.54, 1.807) is 23.6 Å². The summed E-state index contributed by atoms with van der Waals surface area (Å²) < 4.78 is 5.34. The van der Waals surface area contributed by atoms with Crippen molar-refractivity contribution in [2.75, 3.05) is 11.5 Å². The Morgan fingerprint density at radius 3 is 2.55 bits per heavy atom. The van der Waals surface area contributed by atoms with E-state index < -0.39 is 11.6 Å². The number of nitrogens with two attached hydrogens (primary N) is 2. The molecule has 5 nitrogen and oxygen atoms in total. The van der Waals surface area contributed by atoms with E-state index in [1.165, 1.54) is 11.3 Å². The van der Waals surface area contributed by atoms with E-state index in [0.717, 1.165) is 0 Å². The molecule has 0 aliphatic rings. The summed E-state index contributed by atoms with van der Waals surface area (Å²) in [5, 5.41) is 2.27. The third-order valence-corrected chi connectivity index (χ3v) is 3.20. The van der Waals surface area contributed by atoms with Gasteiger partial charge in [-0.3, -0.25) is 0 Å². The van der Waals surface area contributed by atoms with Crippen molar-refractivity contribution < 1.29 is 9.53 Å². The van der Waals surface area contributed by atoms with E-state index >= 15 is 0 Å². The minimum atomic E-state index is -0.565. The molecule has 20 heavy (non-hydrogen) atoms. The van der Waals surface area contributed by atoms with Gasteiger partial charge in [-0.15, -0.1) is 11.3 Å². The highest BCUT2D eigenvalue weighted by molar-refractivity contribution is 7.13. The molecule has 0 radical (unpaired) electrons. The number of hydrogen-bond donors (Lipinski definition) is 2. The van der Waals surface area contributed by atoms with Gasteiger partial charge in [-0.25, -0.2) is 9.78 Å². The molecular weight excluding hydrogens is 274 g/mol. The smallest absolute Gasteiger partial charge is 0.340 e. The second kappa shape index (κ2) is 5.13. The second-order valence-corrected chi connectivity index (χ2v) is 6.23. The summed E-state index contributed by atoms with van der Waals surface area (Å²) >= 11 is 1.33. The Labute approximate surface area is 121 Å². The van der Waals surface area contributed by atoms with E-state index in [0.29, 0.717) is 27.6 Å². The van der Waals surface area contributed by atoms with E-state index in [-0.39, 0.29) is 0 Å². The van der Waals surface area contributed by atoms with Crippen molar-refractivity contribution in [3.05, 3.63) is 29.1 Å². The van der Waals surface area contributed by atoms with Crippen LogP contribution in [0, 0.1) is 0 Å². The molecule has 0 fully saturated rings. The van der Waals surface area contributed by atoms with Crippen molar-refractivity contribution in [3.63, 3.8) is 0 Å².